The number of pyridine rings is 1. The molecule has 0 atom stereocenters. The van der Waals surface area contributed by atoms with E-state index in [9.17, 15) is 0 Å². The van der Waals surface area contributed by atoms with Crippen LogP contribution in [0.15, 0.2) is 128 Å². The van der Waals surface area contributed by atoms with E-state index >= 15 is 0 Å². The molecule has 3 heteroatoms. The van der Waals surface area contributed by atoms with Gasteiger partial charge in [-0.25, -0.2) is 4.57 Å². The monoisotopic (exact) mass is 516 g/mol. The van der Waals surface area contributed by atoms with Crippen molar-refractivity contribution in [1.82, 2.24) is 0 Å². The zero-order chi connectivity index (χ0) is 25.4. The van der Waals surface area contributed by atoms with Gasteiger partial charge in [0.15, 0.2) is 6.20 Å². The summed E-state index contributed by atoms with van der Waals surface area (Å²) in [6.07, 6.45) is 2.14. The predicted molar refractivity (Wildman–Crippen MR) is 157 cm³/mol. The van der Waals surface area contributed by atoms with Crippen LogP contribution >= 0.6 is 23.2 Å². The molecule has 5 aromatic carbocycles. The third-order valence-electron chi connectivity index (χ3n) is 6.86. The summed E-state index contributed by atoms with van der Waals surface area (Å²) >= 11 is 12.6. The molecule has 6 rings (SSSR count). The summed E-state index contributed by atoms with van der Waals surface area (Å²) in [6.45, 7) is 0. The fourth-order valence-electron chi connectivity index (χ4n) is 5.03. The second-order valence-corrected chi connectivity index (χ2v) is 10.1. The van der Waals surface area contributed by atoms with Crippen molar-refractivity contribution in [3.05, 3.63) is 138 Å². The number of benzene rings is 5. The van der Waals surface area contributed by atoms with E-state index in [2.05, 4.69) is 109 Å². The van der Waals surface area contributed by atoms with Crippen LogP contribution in [0.2, 0.25) is 10.0 Å². The minimum Gasteiger partial charge on any atom is -0.201 e. The van der Waals surface area contributed by atoms with Gasteiger partial charge in [-0.2, -0.15) is 0 Å². The van der Waals surface area contributed by atoms with Crippen LogP contribution in [0.25, 0.3) is 55.4 Å². The van der Waals surface area contributed by atoms with Crippen molar-refractivity contribution < 1.29 is 4.57 Å². The molecule has 0 amide bonds. The van der Waals surface area contributed by atoms with Gasteiger partial charge in [-0.1, -0.05) is 89.9 Å². The first kappa shape index (κ1) is 23.5. The normalized spacial score (nSPS) is 11.1. The Bertz CT molecular complexity index is 1650. The quantitative estimate of drug-likeness (QED) is 0.205. The summed E-state index contributed by atoms with van der Waals surface area (Å²) in [6, 6.07) is 42.2. The molecular weight excluding hydrogens is 493 g/mol. The Labute approximate surface area is 227 Å². The minimum absolute atomic E-state index is 0.722. The molecule has 0 aliphatic rings. The van der Waals surface area contributed by atoms with Gasteiger partial charge in [0.05, 0.1) is 5.39 Å². The molecule has 0 spiro atoms. The third kappa shape index (κ3) is 4.53. The van der Waals surface area contributed by atoms with Gasteiger partial charge in [-0.3, -0.25) is 0 Å². The molecule has 6 aromatic rings. The van der Waals surface area contributed by atoms with Crippen LogP contribution in [-0.4, -0.2) is 0 Å². The highest BCUT2D eigenvalue weighted by atomic mass is 35.5. The number of hydrogen-bond acceptors (Lipinski definition) is 0. The lowest BCUT2D eigenvalue weighted by Gasteiger charge is -2.20. The van der Waals surface area contributed by atoms with Gasteiger partial charge in [0, 0.05) is 27.7 Å². The second kappa shape index (κ2) is 9.86. The molecule has 37 heavy (non-hydrogen) atoms. The minimum atomic E-state index is 0.722. The van der Waals surface area contributed by atoms with Crippen LogP contribution in [0.5, 0.6) is 0 Å². The van der Waals surface area contributed by atoms with E-state index in [4.69, 9.17) is 23.2 Å². The van der Waals surface area contributed by atoms with E-state index in [1.165, 1.54) is 27.6 Å². The molecule has 1 nitrogen and oxygen atoms in total. The van der Waals surface area contributed by atoms with Crippen molar-refractivity contribution in [2.45, 2.75) is 0 Å². The summed E-state index contributed by atoms with van der Waals surface area (Å²) in [5.41, 5.74) is 10.4. The van der Waals surface area contributed by atoms with Gasteiger partial charge in [-0.15, -0.1) is 0 Å². The average molecular weight is 517 g/mol. The Morgan fingerprint density at radius 2 is 1.03 bits per heavy atom. The number of para-hydroxylation sites is 1. The predicted octanol–water partition coefficient (Wildman–Crippen LogP) is 9.64. The standard InChI is InChI=1S/C34H24Cl2N/c1-37-20-19-30(29-9-5-6-10-33(29)37)34-31(24-11-15-27(35)16-12-24)21-26(23-7-3-2-4-8-23)22-32(34)25-13-17-28(36)18-14-25/h2-22H,1H3/q+1. The summed E-state index contributed by atoms with van der Waals surface area (Å²) in [7, 11) is 2.09. The van der Waals surface area contributed by atoms with Crippen LogP contribution in [0.3, 0.4) is 0 Å². The molecule has 0 fully saturated rings. The van der Waals surface area contributed by atoms with E-state index in [0.29, 0.717) is 0 Å². The van der Waals surface area contributed by atoms with Crippen molar-refractivity contribution in [2.75, 3.05) is 0 Å². The zero-order valence-corrected chi connectivity index (χ0v) is 21.8. The summed E-state index contributed by atoms with van der Waals surface area (Å²) in [5.74, 6) is 0. The number of aryl methyl sites for hydroxylation is 1. The highest BCUT2D eigenvalue weighted by Crippen LogP contribution is 2.45. The first-order valence-corrected chi connectivity index (χ1v) is 13.0. The summed E-state index contributed by atoms with van der Waals surface area (Å²) in [5, 5.41) is 2.64. The van der Waals surface area contributed by atoms with Crippen LogP contribution < -0.4 is 4.57 Å². The molecule has 0 saturated carbocycles. The number of hydrogen-bond donors (Lipinski definition) is 0. The first-order valence-electron chi connectivity index (χ1n) is 12.2. The molecule has 0 bridgehead atoms. The van der Waals surface area contributed by atoms with E-state index in [1.54, 1.807) is 0 Å². The van der Waals surface area contributed by atoms with Crippen molar-refractivity contribution in [3.63, 3.8) is 0 Å². The SMILES string of the molecule is C[n+]1ccc(-c2c(-c3ccc(Cl)cc3)cc(-c3ccccc3)cc2-c2ccc(Cl)cc2)c2ccccc21. The number of halogens is 2. The topological polar surface area (TPSA) is 3.88 Å². The van der Waals surface area contributed by atoms with E-state index in [0.717, 1.165) is 37.9 Å². The number of aromatic nitrogens is 1. The third-order valence-corrected chi connectivity index (χ3v) is 7.37. The van der Waals surface area contributed by atoms with E-state index in [1.807, 2.05) is 30.3 Å². The van der Waals surface area contributed by atoms with Crippen LogP contribution in [0.4, 0.5) is 0 Å². The molecule has 178 valence electrons. The molecule has 0 unspecified atom stereocenters. The summed E-state index contributed by atoms with van der Waals surface area (Å²) in [4.78, 5) is 0. The van der Waals surface area contributed by atoms with Gasteiger partial charge < -0.3 is 0 Å². The molecule has 0 aliphatic carbocycles. The number of nitrogens with zero attached hydrogens (tertiary/aromatic N) is 1. The van der Waals surface area contributed by atoms with E-state index in [-0.39, 0.29) is 0 Å². The second-order valence-electron chi connectivity index (χ2n) is 9.18. The Morgan fingerprint density at radius 1 is 0.486 bits per heavy atom. The van der Waals surface area contributed by atoms with Gasteiger partial charge in [0.2, 0.25) is 5.52 Å². The lowest BCUT2D eigenvalue weighted by Crippen LogP contribution is -2.28. The molecule has 0 saturated heterocycles. The maximum atomic E-state index is 6.31. The number of rotatable bonds is 4. The molecular formula is C34H24Cl2N+. The fraction of sp³-hybridized carbons (Fsp3) is 0.0294. The largest absolute Gasteiger partial charge is 0.212 e. The average Bonchev–Trinajstić information content (AvgIpc) is 2.94. The van der Waals surface area contributed by atoms with Crippen molar-refractivity contribution in [1.29, 1.82) is 0 Å². The molecule has 0 aliphatic heterocycles. The van der Waals surface area contributed by atoms with Crippen molar-refractivity contribution >= 4 is 34.1 Å². The van der Waals surface area contributed by atoms with Gasteiger partial charge in [0.1, 0.15) is 7.05 Å². The lowest BCUT2D eigenvalue weighted by molar-refractivity contribution is -0.644. The smallest absolute Gasteiger partial charge is 0.201 e. The summed E-state index contributed by atoms with van der Waals surface area (Å²) < 4.78 is 2.17. The van der Waals surface area contributed by atoms with Crippen molar-refractivity contribution in [2.24, 2.45) is 7.05 Å². The van der Waals surface area contributed by atoms with Crippen LogP contribution in [-0.2, 0) is 7.05 Å². The van der Waals surface area contributed by atoms with Crippen LogP contribution in [0, 0.1) is 0 Å². The molecule has 0 radical (unpaired) electrons. The molecule has 0 N–H and O–H groups in total. The highest BCUT2D eigenvalue weighted by molar-refractivity contribution is 6.31. The van der Waals surface area contributed by atoms with Gasteiger partial charge in [0.25, 0.3) is 0 Å². The fourth-order valence-corrected chi connectivity index (χ4v) is 5.28. The first-order chi connectivity index (χ1) is 18.1. The van der Waals surface area contributed by atoms with Crippen molar-refractivity contribution in [3.8, 4) is 44.5 Å². The Balaban J connectivity index is 1.76. The Hall–Kier alpha value is -3.91. The Kier molecular flexibility index (Phi) is 6.26. The number of fused-ring (bicyclic) bond motifs is 1. The maximum absolute atomic E-state index is 6.31. The lowest BCUT2D eigenvalue weighted by atomic mass is 9.84. The highest BCUT2D eigenvalue weighted by Gasteiger charge is 2.21. The molecule has 1 aromatic heterocycles. The van der Waals surface area contributed by atoms with Crippen LogP contribution in [0.1, 0.15) is 0 Å². The van der Waals surface area contributed by atoms with Gasteiger partial charge in [-0.05, 0) is 81.4 Å². The van der Waals surface area contributed by atoms with Gasteiger partial charge >= 0.3 is 0 Å². The zero-order valence-electron chi connectivity index (χ0n) is 20.3. The van der Waals surface area contributed by atoms with E-state index < -0.39 is 0 Å². The maximum Gasteiger partial charge on any atom is 0.212 e. The molecule has 1 heterocycles. The Morgan fingerprint density at radius 3 is 1.62 bits per heavy atom.